The normalized spacial score (nSPS) is 15.7. The van der Waals surface area contributed by atoms with Crippen molar-refractivity contribution in [2.75, 3.05) is 5.32 Å². The van der Waals surface area contributed by atoms with Gasteiger partial charge in [-0.2, -0.15) is 0 Å². The Morgan fingerprint density at radius 3 is 2.19 bits per heavy atom. The van der Waals surface area contributed by atoms with Gasteiger partial charge in [0.05, 0.1) is 15.9 Å². The number of halogens is 1. The van der Waals surface area contributed by atoms with Crippen molar-refractivity contribution in [1.82, 2.24) is 9.97 Å². The van der Waals surface area contributed by atoms with E-state index < -0.39 is 9.84 Å². The Labute approximate surface area is 167 Å². The Bertz CT molecular complexity index is 1060. The summed E-state index contributed by atoms with van der Waals surface area (Å²) in [4.78, 5) is 9.31. The Morgan fingerprint density at radius 1 is 0.889 bits per heavy atom. The van der Waals surface area contributed by atoms with E-state index >= 15 is 0 Å². The lowest BCUT2D eigenvalue weighted by Crippen LogP contribution is -2.24. The fourth-order valence-electron chi connectivity index (χ4n) is 3.43. The molecular weight excluding hydrogens is 426 g/mol. The van der Waals surface area contributed by atoms with Crippen LogP contribution in [0.4, 0.5) is 5.82 Å². The van der Waals surface area contributed by atoms with Gasteiger partial charge in [-0.3, -0.25) is 0 Å². The van der Waals surface area contributed by atoms with Crippen molar-refractivity contribution in [3.63, 3.8) is 0 Å². The van der Waals surface area contributed by atoms with Crippen molar-refractivity contribution in [2.45, 2.75) is 48.1 Å². The second kappa shape index (κ2) is 7.56. The maximum atomic E-state index is 13.3. The lowest BCUT2D eigenvalue weighted by atomic mass is 9.95. The summed E-state index contributed by atoms with van der Waals surface area (Å²) < 4.78 is 27.4. The number of benzene rings is 2. The maximum Gasteiger partial charge on any atom is 0.227 e. The standard InChI is InChI=1S/C20H20BrN3O2S/c21-14-10-12-16(13-11-14)27(25,26)20-19(22-15-6-2-1-3-7-15)23-17-8-4-5-9-18(17)24-20/h4-5,8-13,15H,1-3,6-7H2,(H,22,23). The van der Waals surface area contributed by atoms with E-state index in [2.05, 4.69) is 31.2 Å². The number of hydrogen-bond acceptors (Lipinski definition) is 5. The number of anilines is 1. The lowest BCUT2D eigenvalue weighted by Gasteiger charge is -2.24. The van der Waals surface area contributed by atoms with Gasteiger partial charge in [0.25, 0.3) is 0 Å². The summed E-state index contributed by atoms with van der Waals surface area (Å²) in [6, 6.07) is 14.2. The van der Waals surface area contributed by atoms with E-state index in [1.54, 1.807) is 30.3 Å². The van der Waals surface area contributed by atoms with Crippen molar-refractivity contribution in [2.24, 2.45) is 0 Å². The van der Waals surface area contributed by atoms with E-state index in [4.69, 9.17) is 0 Å². The molecule has 1 N–H and O–H groups in total. The highest BCUT2D eigenvalue weighted by Crippen LogP contribution is 2.30. The largest absolute Gasteiger partial charge is 0.365 e. The summed E-state index contributed by atoms with van der Waals surface area (Å²) in [6.45, 7) is 0. The summed E-state index contributed by atoms with van der Waals surface area (Å²) in [5.41, 5.74) is 1.26. The summed E-state index contributed by atoms with van der Waals surface area (Å²) >= 11 is 3.35. The monoisotopic (exact) mass is 445 g/mol. The molecule has 1 aliphatic carbocycles. The van der Waals surface area contributed by atoms with Gasteiger partial charge in [0.2, 0.25) is 14.9 Å². The zero-order valence-electron chi connectivity index (χ0n) is 14.7. The van der Waals surface area contributed by atoms with E-state index in [9.17, 15) is 8.42 Å². The number of nitrogens with one attached hydrogen (secondary N) is 1. The van der Waals surface area contributed by atoms with Crippen molar-refractivity contribution in [3.8, 4) is 0 Å². The van der Waals surface area contributed by atoms with Gasteiger partial charge >= 0.3 is 0 Å². The summed E-state index contributed by atoms with van der Waals surface area (Å²) in [7, 11) is -3.79. The molecule has 0 aliphatic heterocycles. The van der Waals surface area contributed by atoms with Crippen LogP contribution in [0.3, 0.4) is 0 Å². The molecule has 3 aromatic rings. The summed E-state index contributed by atoms with van der Waals surface area (Å²) in [6.07, 6.45) is 5.56. The Kier molecular flexibility index (Phi) is 5.14. The molecule has 1 aliphatic rings. The van der Waals surface area contributed by atoms with Crippen molar-refractivity contribution >= 4 is 42.6 Å². The van der Waals surface area contributed by atoms with Crippen LogP contribution in [0, 0.1) is 0 Å². The molecule has 1 aromatic heterocycles. The highest BCUT2D eigenvalue weighted by molar-refractivity contribution is 9.10. The molecule has 1 fully saturated rings. The van der Waals surface area contributed by atoms with Gasteiger partial charge in [-0.1, -0.05) is 47.3 Å². The van der Waals surface area contributed by atoms with E-state index in [0.29, 0.717) is 16.9 Å². The van der Waals surface area contributed by atoms with Gasteiger partial charge in [-0.05, 0) is 49.2 Å². The van der Waals surface area contributed by atoms with Crippen LogP contribution in [-0.2, 0) is 9.84 Å². The average Bonchev–Trinajstić information content (AvgIpc) is 2.68. The molecule has 0 bridgehead atoms. The fourth-order valence-corrected chi connectivity index (χ4v) is 4.99. The van der Waals surface area contributed by atoms with Crippen LogP contribution in [0.2, 0.25) is 0 Å². The van der Waals surface area contributed by atoms with E-state index in [1.165, 1.54) is 6.42 Å². The first-order valence-corrected chi connectivity index (χ1v) is 11.4. The number of hydrogen-bond donors (Lipinski definition) is 1. The molecule has 0 spiro atoms. The van der Waals surface area contributed by atoms with E-state index in [1.807, 2.05) is 18.2 Å². The van der Waals surface area contributed by atoms with Gasteiger partial charge in [-0.15, -0.1) is 0 Å². The first-order valence-electron chi connectivity index (χ1n) is 9.08. The predicted molar refractivity (Wildman–Crippen MR) is 110 cm³/mol. The number of sulfone groups is 1. The number of fused-ring (bicyclic) bond motifs is 1. The van der Waals surface area contributed by atoms with Crippen LogP contribution in [-0.4, -0.2) is 24.4 Å². The lowest BCUT2D eigenvalue weighted by molar-refractivity contribution is 0.461. The third-order valence-electron chi connectivity index (χ3n) is 4.86. The van der Waals surface area contributed by atoms with Crippen LogP contribution >= 0.6 is 15.9 Å². The molecule has 2 aromatic carbocycles. The molecule has 1 saturated carbocycles. The minimum absolute atomic E-state index is 0.00547. The molecule has 1 heterocycles. The number of aromatic nitrogens is 2. The average molecular weight is 446 g/mol. The molecule has 7 heteroatoms. The number of nitrogens with zero attached hydrogens (tertiary/aromatic N) is 2. The highest BCUT2D eigenvalue weighted by Gasteiger charge is 2.27. The molecule has 0 amide bonds. The molecular formula is C20H20BrN3O2S. The first-order chi connectivity index (χ1) is 13.0. The maximum absolute atomic E-state index is 13.3. The Hall–Kier alpha value is -1.99. The van der Waals surface area contributed by atoms with Crippen LogP contribution in [0.25, 0.3) is 11.0 Å². The third kappa shape index (κ3) is 3.84. The minimum atomic E-state index is -3.79. The first kappa shape index (κ1) is 18.4. The molecule has 4 rings (SSSR count). The molecule has 5 nitrogen and oxygen atoms in total. The molecule has 0 saturated heterocycles. The quantitative estimate of drug-likeness (QED) is 0.613. The van der Waals surface area contributed by atoms with Gasteiger partial charge in [0.15, 0.2) is 5.82 Å². The predicted octanol–water partition coefficient (Wildman–Crippen LogP) is 4.97. The zero-order chi connectivity index (χ0) is 18.9. The van der Waals surface area contributed by atoms with Crippen LogP contribution < -0.4 is 5.32 Å². The van der Waals surface area contributed by atoms with Crippen LogP contribution in [0.15, 0.2) is 62.9 Å². The van der Waals surface area contributed by atoms with E-state index in [0.717, 1.165) is 30.2 Å². The van der Waals surface area contributed by atoms with Gasteiger partial charge in [0.1, 0.15) is 0 Å². The Morgan fingerprint density at radius 2 is 1.52 bits per heavy atom. The smallest absolute Gasteiger partial charge is 0.227 e. The minimum Gasteiger partial charge on any atom is -0.365 e. The number of rotatable bonds is 4. The number of para-hydroxylation sites is 2. The van der Waals surface area contributed by atoms with Gasteiger partial charge in [-0.25, -0.2) is 18.4 Å². The molecule has 0 atom stereocenters. The van der Waals surface area contributed by atoms with Gasteiger partial charge in [0, 0.05) is 10.5 Å². The molecule has 0 radical (unpaired) electrons. The van der Waals surface area contributed by atoms with Crippen LogP contribution in [0.5, 0.6) is 0 Å². The Balaban J connectivity index is 1.83. The SMILES string of the molecule is O=S(=O)(c1ccc(Br)cc1)c1nc2ccccc2nc1NC1CCCCC1. The third-order valence-corrected chi connectivity index (χ3v) is 7.08. The van der Waals surface area contributed by atoms with E-state index in [-0.39, 0.29) is 16.0 Å². The molecule has 140 valence electrons. The van der Waals surface area contributed by atoms with Gasteiger partial charge < -0.3 is 5.32 Å². The zero-order valence-corrected chi connectivity index (χ0v) is 17.1. The molecule has 27 heavy (non-hydrogen) atoms. The van der Waals surface area contributed by atoms with Crippen molar-refractivity contribution < 1.29 is 8.42 Å². The fraction of sp³-hybridized carbons (Fsp3) is 0.300. The second-order valence-electron chi connectivity index (χ2n) is 6.80. The van der Waals surface area contributed by atoms with Crippen molar-refractivity contribution in [3.05, 3.63) is 53.0 Å². The molecule has 0 unspecified atom stereocenters. The highest BCUT2D eigenvalue weighted by atomic mass is 79.9. The van der Waals surface area contributed by atoms with Crippen molar-refractivity contribution in [1.29, 1.82) is 0 Å². The van der Waals surface area contributed by atoms with Crippen LogP contribution in [0.1, 0.15) is 32.1 Å². The summed E-state index contributed by atoms with van der Waals surface area (Å²) in [5.74, 6) is 0.350. The summed E-state index contributed by atoms with van der Waals surface area (Å²) in [5, 5.41) is 3.36. The topological polar surface area (TPSA) is 72.0 Å². The second-order valence-corrected chi connectivity index (χ2v) is 9.58.